The van der Waals surface area contributed by atoms with Crippen LogP contribution in [0.3, 0.4) is 0 Å². The zero-order valence-corrected chi connectivity index (χ0v) is 18.5. The maximum Gasteiger partial charge on any atom is 0.245 e. The lowest BCUT2D eigenvalue weighted by Crippen LogP contribution is -2.46. The van der Waals surface area contributed by atoms with Gasteiger partial charge in [-0.3, -0.25) is 9.59 Å². The van der Waals surface area contributed by atoms with E-state index in [1.807, 2.05) is 29.3 Å². The lowest BCUT2D eigenvalue weighted by atomic mass is 10.1. The van der Waals surface area contributed by atoms with Crippen molar-refractivity contribution in [3.8, 4) is 0 Å². The van der Waals surface area contributed by atoms with Crippen molar-refractivity contribution < 1.29 is 9.59 Å². The molecule has 8 nitrogen and oxygen atoms in total. The first-order valence-corrected chi connectivity index (χ1v) is 10.9. The largest absolute Gasteiger partial charge is 0.341 e. The number of aryl methyl sites for hydroxylation is 1. The molecule has 2 saturated heterocycles. The Bertz CT molecular complexity index is 868. The van der Waals surface area contributed by atoms with E-state index < -0.39 is 6.04 Å². The topological polar surface area (TPSA) is 97.3 Å². The quantitative estimate of drug-likeness (QED) is 0.701. The Morgan fingerprint density at radius 3 is 2.55 bits per heavy atom. The molecule has 9 heteroatoms. The van der Waals surface area contributed by atoms with Gasteiger partial charge in [0, 0.05) is 39.0 Å². The Morgan fingerprint density at radius 2 is 1.87 bits per heavy atom. The average molecular weight is 447 g/mol. The maximum absolute atomic E-state index is 13.2. The van der Waals surface area contributed by atoms with Crippen molar-refractivity contribution in [2.24, 2.45) is 5.73 Å². The highest BCUT2D eigenvalue weighted by molar-refractivity contribution is 5.88. The second kappa shape index (κ2) is 10.7. The summed E-state index contributed by atoms with van der Waals surface area (Å²) in [6.07, 6.45) is 6.55. The number of aromatic nitrogens is 3. The van der Waals surface area contributed by atoms with E-state index in [-0.39, 0.29) is 30.3 Å². The Morgan fingerprint density at radius 1 is 1.13 bits per heavy atom. The van der Waals surface area contributed by atoms with E-state index in [1.54, 1.807) is 9.58 Å². The minimum Gasteiger partial charge on any atom is -0.341 e. The predicted molar refractivity (Wildman–Crippen MR) is 120 cm³/mol. The first-order valence-electron chi connectivity index (χ1n) is 10.9. The fourth-order valence-corrected chi connectivity index (χ4v) is 4.48. The Balaban J connectivity index is 0.00000272. The molecule has 2 fully saturated rings. The van der Waals surface area contributed by atoms with Crippen LogP contribution in [0.1, 0.15) is 49.4 Å². The molecular weight excluding hydrogens is 416 g/mol. The highest BCUT2D eigenvalue weighted by Crippen LogP contribution is 2.30. The minimum absolute atomic E-state index is 0. The number of hydrogen-bond acceptors (Lipinski definition) is 5. The Labute approximate surface area is 189 Å². The van der Waals surface area contributed by atoms with E-state index in [9.17, 15) is 9.59 Å². The van der Waals surface area contributed by atoms with Crippen LogP contribution in [-0.2, 0) is 22.6 Å². The summed E-state index contributed by atoms with van der Waals surface area (Å²) in [7, 11) is 0. The summed E-state index contributed by atoms with van der Waals surface area (Å²) >= 11 is 0. The highest BCUT2D eigenvalue weighted by atomic mass is 35.5. The number of amides is 2. The molecule has 0 radical (unpaired) electrons. The van der Waals surface area contributed by atoms with Gasteiger partial charge in [0.2, 0.25) is 11.8 Å². The van der Waals surface area contributed by atoms with Crippen LogP contribution >= 0.6 is 12.4 Å². The summed E-state index contributed by atoms with van der Waals surface area (Å²) in [5, 5.41) is 8.25. The number of carbonyl (C=O) groups excluding carboxylic acids is 2. The van der Waals surface area contributed by atoms with Crippen LogP contribution in [0.2, 0.25) is 0 Å². The number of rotatable bonds is 7. The molecule has 168 valence electrons. The first kappa shape index (κ1) is 23.2. The molecule has 31 heavy (non-hydrogen) atoms. The fraction of sp³-hybridized carbons (Fsp3) is 0.545. The molecule has 0 aliphatic carbocycles. The van der Waals surface area contributed by atoms with Crippen LogP contribution in [0.5, 0.6) is 0 Å². The fourth-order valence-electron chi connectivity index (χ4n) is 4.48. The molecule has 2 amide bonds. The van der Waals surface area contributed by atoms with Gasteiger partial charge in [0.25, 0.3) is 0 Å². The second-order valence-electron chi connectivity index (χ2n) is 8.22. The van der Waals surface area contributed by atoms with E-state index in [2.05, 4.69) is 22.4 Å². The molecule has 1 aromatic carbocycles. The van der Waals surface area contributed by atoms with Gasteiger partial charge in [-0.1, -0.05) is 35.5 Å². The molecule has 2 atom stereocenters. The standard InChI is InChI=1S/C22H30N6O2.ClH/c23-14-18-15-28(25-24-18)19-13-20(22(30)26-11-4-5-12-26)27(16-19)21(29)10-6-9-17-7-2-1-3-8-17;/h1-3,7-8,15,19-20H,4-6,9-14,16,23H2;1H/t19-,20-;/m0./s1. The van der Waals surface area contributed by atoms with Crippen LogP contribution in [0, 0.1) is 0 Å². The predicted octanol–water partition coefficient (Wildman–Crippen LogP) is 1.95. The van der Waals surface area contributed by atoms with Crippen molar-refractivity contribution in [2.45, 2.75) is 57.2 Å². The molecule has 2 aromatic rings. The van der Waals surface area contributed by atoms with Crippen molar-refractivity contribution in [1.82, 2.24) is 24.8 Å². The summed E-state index contributed by atoms with van der Waals surface area (Å²) in [5.41, 5.74) is 7.60. The molecule has 0 bridgehead atoms. The van der Waals surface area contributed by atoms with Gasteiger partial charge in [-0.15, -0.1) is 17.5 Å². The number of benzene rings is 1. The van der Waals surface area contributed by atoms with Gasteiger partial charge in [0.15, 0.2) is 0 Å². The Kier molecular flexibility index (Phi) is 8.03. The van der Waals surface area contributed by atoms with Crippen LogP contribution in [-0.4, -0.2) is 62.3 Å². The zero-order chi connectivity index (χ0) is 20.9. The molecule has 2 N–H and O–H groups in total. The van der Waals surface area contributed by atoms with Gasteiger partial charge in [0.1, 0.15) is 6.04 Å². The Hall–Kier alpha value is -2.45. The molecule has 2 aliphatic rings. The van der Waals surface area contributed by atoms with Gasteiger partial charge >= 0.3 is 0 Å². The van der Waals surface area contributed by atoms with Crippen molar-refractivity contribution in [3.63, 3.8) is 0 Å². The summed E-state index contributed by atoms with van der Waals surface area (Å²) in [6.45, 7) is 2.39. The number of halogens is 1. The van der Waals surface area contributed by atoms with Crippen molar-refractivity contribution >= 4 is 24.2 Å². The van der Waals surface area contributed by atoms with Crippen LogP contribution in [0.4, 0.5) is 0 Å². The van der Waals surface area contributed by atoms with Gasteiger partial charge < -0.3 is 15.5 Å². The van der Waals surface area contributed by atoms with Gasteiger partial charge in [-0.2, -0.15) is 0 Å². The first-order chi connectivity index (χ1) is 14.7. The molecule has 4 rings (SSSR count). The third-order valence-corrected chi connectivity index (χ3v) is 6.14. The van der Waals surface area contributed by atoms with Crippen molar-refractivity contribution in [1.29, 1.82) is 0 Å². The summed E-state index contributed by atoms with van der Waals surface area (Å²) in [5.74, 6) is 0.121. The van der Waals surface area contributed by atoms with E-state index in [4.69, 9.17) is 5.73 Å². The van der Waals surface area contributed by atoms with Gasteiger partial charge in [0.05, 0.1) is 17.9 Å². The molecule has 0 spiro atoms. The lowest BCUT2D eigenvalue weighted by molar-refractivity contribution is -0.143. The van der Waals surface area contributed by atoms with E-state index in [0.717, 1.165) is 38.8 Å². The number of nitrogens with zero attached hydrogens (tertiary/aromatic N) is 5. The highest BCUT2D eigenvalue weighted by Gasteiger charge is 2.42. The van der Waals surface area contributed by atoms with Crippen LogP contribution in [0.15, 0.2) is 36.5 Å². The number of carbonyl (C=O) groups is 2. The molecule has 3 heterocycles. The lowest BCUT2D eigenvalue weighted by Gasteiger charge is -2.27. The number of likely N-dealkylation sites (tertiary alicyclic amines) is 2. The normalized spacial score (nSPS) is 20.7. The maximum atomic E-state index is 13.2. The summed E-state index contributed by atoms with van der Waals surface area (Å²) < 4.78 is 1.77. The number of hydrogen-bond donors (Lipinski definition) is 1. The van der Waals surface area contributed by atoms with E-state index >= 15 is 0 Å². The molecular formula is C22H31ClN6O2. The summed E-state index contributed by atoms with van der Waals surface area (Å²) in [4.78, 5) is 29.9. The third-order valence-electron chi connectivity index (χ3n) is 6.14. The molecule has 1 aromatic heterocycles. The minimum atomic E-state index is -0.414. The van der Waals surface area contributed by atoms with Crippen molar-refractivity contribution in [2.75, 3.05) is 19.6 Å². The monoisotopic (exact) mass is 446 g/mol. The molecule has 2 aliphatic heterocycles. The average Bonchev–Trinajstić information content (AvgIpc) is 3.54. The SMILES string of the molecule is Cl.NCc1cn([C@H]2C[C@@H](C(=O)N3CCCC3)N(C(=O)CCCc3ccccc3)C2)nn1. The third kappa shape index (κ3) is 5.43. The van der Waals surface area contributed by atoms with Crippen LogP contribution < -0.4 is 5.73 Å². The second-order valence-corrected chi connectivity index (χ2v) is 8.22. The number of nitrogens with two attached hydrogens (primary N) is 1. The van der Waals surface area contributed by atoms with Crippen LogP contribution in [0.25, 0.3) is 0 Å². The molecule has 0 saturated carbocycles. The van der Waals surface area contributed by atoms with Gasteiger partial charge in [-0.25, -0.2) is 4.68 Å². The smallest absolute Gasteiger partial charge is 0.245 e. The zero-order valence-electron chi connectivity index (χ0n) is 17.7. The van der Waals surface area contributed by atoms with Crippen molar-refractivity contribution in [3.05, 3.63) is 47.8 Å². The van der Waals surface area contributed by atoms with E-state index in [1.165, 1.54) is 5.56 Å². The van der Waals surface area contributed by atoms with Gasteiger partial charge in [-0.05, 0) is 31.2 Å². The van der Waals surface area contributed by atoms with E-state index in [0.29, 0.717) is 31.6 Å². The summed E-state index contributed by atoms with van der Waals surface area (Å²) in [6, 6.07) is 9.72. The molecule has 0 unspecified atom stereocenters.